The van der Waals surface area contributed by atoms with Crippen LogP contribution in [0.3, 0.4) is 0 Å². The fourth-order valence-corrected chi connectivity index (χ4v) is 1.30. The van der Waals surface area contributed by atoms with Crippen molar-refractivity contribution < 1.29 is 14.5 Å². The standard InChI is InChI=1S/C10H11Cl2N3O3/c1-17-14-6-13-10(16)15-18-5-7-2-3-8(11)9(12)4-7/h2-4,6H,5H2,1H3,(H2,13,14,15,16). The molecule has 0 saturated heterocycles. The molecule has 8 heteroatoms. The molecule has 1 rings (SSSR count). The number of rotatable bonds is 5. The second-order valence-electron chi connectivity index (χ2n) is 3.03. The van der Waals surface area contributed by atoms with Gasteiger partial charge in [-0.15, -0.1) is 0 Å². The van der Waals surface area contributed by atoms with E-state index in [0.717, 1.165) is 11.9 Å². The molecule has 0 aliphatic heterocycles. The van der Waals surface area contributed by atoms with Gasteiger partial charge in [-0.05, 0) is 17.7 Å². The third-order valence-corrected chi connectivity index (χ3v) is 2.48. The van der Waals surface area contributed by atoms with E-state index in [9.17, 15) is 4.79 Å². The summed E-state index contributed by atoms with van der Waals surface area (Å²) >= 11 is 11.6. The van der Waals surface area contributed by atoms with Crippen molar-refractivity contribution in [1.29, 1.82) is 0 Å². The van der Waals surface area contributed by atoms with E-state index in [1.54, 1.807) is 18.2 Å². The lowest BCUT2D eigenvalue weighted by atomic mass is 10.2. The molecule has 0 heterocycles. The molecule has 6 nitrogen and oxygen atoms in total. The van der Waals surface area contributed by atoms with E-state index in [0.29, 0.717) is 10.0 Å². The first-order valence-electron chi connectivity index (χ1n) is 4.80. The van der Waals surface area contributed by atoms with Gasteiger partial charge in [0.2, 0.25) is 0 Å². The lowest BCUT2D eigenvalue weighted by Gasteiger charge is -2.06. The minimum atomic E-state index is -0.573. The molecule has 2 amide bonds. The number of hydroxylamine groups is 1. The lowest BCUT2D eigenvalue weighted by molar-refractivity contribution is 0.0506. The molecule has 1 aromatic carbocycles. The van der Waals surface area contributed by atoms with Crippen LogP contribution < -0.4 is 10.8 Å². The van der Waals surface area contributed by atoms with E-state index in [4.69, 9.17) is 28.0 Å². The van der Waals surface area contributed by atoms with Crippen LogP contribution in [0.15, 0.2) is 23.4 Å². The van der Waals surface area contributed by atoms with Crippen molar-refractivity contribution in [1.82, 2.24) is 10.8 Å². The van der Waals surface area contributed by atoms with Gasteiger partial charge in [0.25, 0.3) is 0 Å². The third-order valence-electron chi connectivity index (χ3n) is 1.74. The topological polar surface area (TPSA) is 72.0 Å². The number of nitrogens with one attached hydrogen (secondary N) is 2. The van der Waals surface area contributed by atoms with Crippen molar-refractivity contribution in [2.45, 2.75) is 6.61 Å². The molecule has 0 aliphatic carbocycles. The predicted molar refractivity (Wildman–Crippen MR) is 68.4 cm³/mol. The van der Waals surface area contributed by atoms with Gasteiger partial charge >= 0.3 is 6.03 Å². The van der Waals surface area contributed by atoms with Crippen LogP contribution in [-0.4, -0.2) is 19.5 Å². The van der Waals surface area contributed by atoms with Gasteiger partial charge in [-0.25, -0.2) is 10.3 Å². The van der Waals surface area contributed by atoms with E-state index in [1.165, 1.54) is 7.11 Å². The van der Waals surface area contributed by atoms with Gasteiger partial charge in [0.1, 0.15) is 13.4 Å². The molecule has 0 radical (unpaired) electrons. The first-order valence-corrected chi connectivity index (χ1v) is 5.56. The van der Waals surface area contributed by atoms with Crippen molar-refractivity contribution in [3.8, 4) is 0 Å². The highest BCUT2D eigenvalue weighted by Gasteiger charge is 2.01. The number of carbonyl (C=O) groups is 1. The molecule has 0 aromatic heterocycles. The van der Waals surface area contributed by atoms with Crippen LogP contribution in [-0.2, 0) is 16.3 Å². The van der Waals surface area contributed by atoms with Crippen molar-refractivity contribution in [2.75, 3.05) is 7.11 Å². The fraction of sp³-hybridized carbons (Fsp3) is 0.200. The minimum absolute atomic E-state index is 0.158. The molecular weight excluding hydrogens is 281 g/mol. The van der Waals surface area contributed by atoms with Gasteiger partial charge in [-0.2, -0.15) is 0 Å². The molecule has 18 heavy (non-hydrogen) atoms. The Morgan fingerprint density at radius 2 is 2.22 bits per heavy atom. The van der Waals surface area contributed by atoms with Crippen LogP contribution >= 0.6 is 23.2 Å². The van der Waals surface area contributed by atoms with Crippen molar-refractivity contribution in [2.24, 2.45) is 5.16 Å². The van der Waals surface area contributed by atoms with E-state index in [1.807, 2.05) is 0 Å². The number of nitrogens with zero attached hydrogens (tertiary/aromatic N) is 1. The van der Waals surface area contributed by atoms with Gasteiger partial charge in [0.05, 0.1) is 16.7 Å². The molecule has 0 unspecified atom stereocenters. The Morgan fingerprint density at radius 3 is 2.89 bits per heavy atom. The number of oxime groups is 1. The number of hydrogen-bond acceptors (Lipinski definition) is 4. The Kier molecular flexibility index (Phi) is 6.27. The summed E-state index contributed by atoms with van der Waals surface area (Å²) in [6.45, 7) is 0.158. The van der Waals surface area contributed by atoms with Crippen LogP contribution in [0.2, 0.25) is 10.0 Å². The van der Waals surface area contributed by atoms with Gasteiger partial charge in [-0.3, -0.25) is 10.2 Å². The highest BCUT2D eigenvalue weighted by atomic mass is 35.5. The number of hydrogen-bond donors (Lipinski definition) is 2. The molecule has 0 atom stereocenters. The van der Waals surface area contributed by atoms with E-state index >= 15 is 0 Å². The van der Waals surface area contributed by atoms with Gasteiger partial charge in [0.15, 0.2) is 0 Å². The second kappa shape index (κ2) is 7.75. The Balaban J connectivity index is 2.30. The van der Waals surface area contributed by atoms with Crippen LogP contribution in [0.1, 0.15) is 5.56 Å². The zero-order valence-electron chi connectivity index (χ0n) is 9.44. The van der Waals surface area contributed by atoms with Crippen molar-refractivity contribution in [3.63, 3.8) is 0 Å². The number of benzene rings is 1. The summed E-state index contributed by atoms with van der Waals surface area (Å²) in [7, 11) is 1.36. The quantitative estimate of drug-likeness (QED) is 0.497. The smallest absolute Gasteiger partial charge is 0.343 e. The highest BCUT2D eigenvalue weighted by molar-refractivity contribution is 6.42. The largest absolute Gasteiger partial charge is 0.398 e. The Labute approximate surface area is 114 Å². The summed E-state index contributed by atoms with van der Waals surface area (Å²) in [5.41, 5.74) is 2.92. The van der Waals surface area contributed by atoms with E-state index < -0.39 is 6.03 Å². The number of carbonyl (C=O) groups excluding carboxylic acids is 1. The molecule has 0 aliphatic rings. The molecule has 0 spiro atoms. The summed E-state index contributed by atoms with van der Waals surface area (Å²) < 4.78 is 0. The maximum Gasteiger partial charge on any atom is 0.343 e. The first kappa shape index (κ1) is 14.6. The molecule has 1 aromatic rings. The van der Waals surface area contributed by atoms with Gasteiger partial charge in [-0.1, -0.05) is 34.4 Å². The monoisotopic (exact) mass is 291 g/mol. The number of amides is 2. The van der Waals surface area contributed by atoms with Crippen LogP contribution in [0.4, 0.5) is 4.79 Å². The zero-order valence-corrected chi connectivity index (χ0v) is 11.0. The molecule has 98 valence electrons. The average Bonchev–Trinajstić information content (AvgIpc) is 2.34. The van der Waals surface area contributed by atoms with Crippen molar-refractivity contribution in [3.05, 3.63) is 33.8 Å². The average molecular weight is 292 g/mol. The van der Waals surface area contributed by atoms with Crippen LogP contribution in [0, 0.1) is 0 Å². The lowest BCUT2D eigenvalue weighted by Crippen LogP contribution is -2.34. The Morgan fingerprint density at radius 1 is 1.44 bits per heavy atom. The maximum atomic E-state index is 11.1. The van der Waals surface area contributed by atoms with Gasteiger partial charge < -0.3 is 4.84 Å². The third kappa shape index (κ3) is 5.22. The van der Waals surface area contributed by atoms with Crippen LogP contribution in [0.25, 0.3) is 0 Å². The van der Waals surface area contributed by atoms with Crippen molar-refractivity contribution >= 4 is 35.6 Å². The minimum Gasteiger partial charge on any atom is -0.398 e. The number of halogens is 2. The molecule has 2 N–H and O–H groups in total. The molecular formula is C10H11Cl2N3O3. The summed E-state index contributed by atoms with van der Waals surface area (Å²) in [4.78, 5) is 20.4. The van der Waals surface area contributed by atoms with E-state index in [2.05, 4.69) is 20.8 Å². The Hall–Kier alpha value is -1.50. The molecule has 0 bridgehead atoms. The van der Waals surface area contributed by atoms with E-state index in [-0.39, 0.29) is 6.61 Å². The summed E-state index contributed by atoms with van der Waals surface area (Å²) in [6, 6.07) is 4.46. The summed E-state index contributed by atoms with van der Waals surface area (Å²) in [5, 5.41) is 6.45. The normalized spacial score (nSPS) is 10.4. The summed E-state index contributed by atoms with van der Waals surface area (Å²) in [5.74, 6) is 0. The van der Waals surface area contributed by atoms with Crippen LogP contribution in [0.5, 0.6) is 0 Å². The SMILES string of the molecule is CO/N=C/NC(=O)NOCc1ccc(Cl)c(Cl)c1. The number of urea groups is 1. The predicted octanol–water partition coefficient (Wildman–Crippen LogP) is 2.31. The fourth-order valence-electron chi connectivity index (χ4n) is 0.982. The van der Waals surface area contributed by atoms with Gasteiger partial charge in [0, 0.05) is 0 Å². The molecule has 0 fully saturated rings. The molecule has 0 saturated carbocycles. The zero-order chi connectivity index (χ0) is 13.4. The Bertz CT molecular complexity index is 440. The first-order chi connectivity index (χ1) is 8.63. The summed E-state index contributed by atoms with van der Waals surface area (Å²) in [6.07, 6.45) is 1.08. The maximum absolute atomic E-state index is 11.1. The second-order valence-corrected chi connectivity index (χ2v) is 3.84. The highest BCUT2D eigenvalue weighted by Crippen LogP contribution is 2.22.